The summed E-state index contributed by atoms with van der Waals surface area (Å²) < 4.78 is 6.50. The molecule has 6 heteroatoms. The van der Waals surface area contributed by atoms with E-state index in [-0.39, 0.29) is 5.82 Å². The van der Waals surface area contributed by atoms with Crippen molar-refractivity contribution in [1.82, 2.24) is 14.8 Å². The number of nitrogen functional groups attached to an aromatic ring is 1. The molecule has 15 heavy (non-hydrogen) atoms. The fourth-order valence-corrected chi connectivity index (χ4v) is 1.26. The summed E-state index contributed by atoms with van der Waals surface area (Å²) in [6.45, 7) is 0. The minimum absolute atomic E-state index is 0.279. The molecular weight excluding hydrogens is 216 g/mol. The van der Waals surface area contributed by atoms with Crippen LogP contribution >= 0.6 is 11.6 Å². The Balaban J connectivity index is 2.44. The van der Waals surface area contributed by atoms with Crippen molar-refractivity contribution in [2.45, 2.75) is 0 Å². The Morgan fingerprint density at radius 2 is 2.27 bits per heavy atom. The SMILES string of the molecule is COc1cccc(-n2cc(Cl)c(N)n2)n1. The zero-order valence-corrected chi connectivity index (χ0v) is 8.77. The van der Waals surface area contributed by atoms with E-state index in [0.717, 1.165) is 0 Å². The third-order valence-electron chi connectivity index (χ3n) is 1.85. The summed E-state index contributed by atoms with van der Waals surface area (Å²) in [5, 5.41) is 4.40. The first-order valence-corrected chi connectivity index (χ1v) is 4.60. The fraction of sp³-hybridized carbons (Fsp3) is 0.111. The molecule has 5 nitrogen and oxygen atoms in total. The fourth-order valence-electron chi connectivity index (χ4n) is 1.13. The van der Waals surface area contributed by atoms with Gasteiger partial charge in [-0.15, -0.1) is 5.10 Å². The molecule has 0 aliphatic carbocycles. The van der Waals surface area contributed by atoms with Crippen LogP contribution in [0.2, 0.25) is 5.02 Å². The number of anilines is 1. The van der Waals surface area contributed by atoms with Crippen molar-refractivity contribution in [3.63, 3.8) is 0 Å². The molecule has 0 saturated carbocycles. The molecule has 2 rings (SSSR count). The predicted octanol–water partition coefficient (Wildman–Crippen LogP) is 1.51. The lowest BCUT2D eigenvalue weighted by atomic mass is 10.4. The van der Waals surface area contributed by atoms with Crippen LogP contribution in [0.1, 0.15) is 0 Å². The topological polar surface area (TPSA) is 66.0 Å². The van der Waals surface area contributed by atoms with Gasteiger partial charge in [0.25, 0.3) is 0 Å². The molecule has 2 N–H and O–H groups in total. The van der Waals surface area contributed by atoms with Crippen LogP contribution in [-0.2, 0) is 0 Å². The first-order chi connectivity index (χ1) is 7.20. The van der Waals surface area contributed by atoms with Crippen LogP contribution in [0.5, 0.6) is 5.88 Å². The van der Waals surface area contributed by atoms with E-state index in [1.807, 2.05) is 6.07 Å². The Kier molecular flexibility index (Phi) is 2.47. The lowest BCUT2D eigenvalue weighted by Gasteiger charge is -2.02. The summed E-state index contributed by atoms with van der Waals surface area (Å²) in [5.74, 6) is 1.40. The monoisotopic (exact) mass is 224 g/mol. The van der Waals surface area contributed by atoms with Crippen LogP contribution < -0.4 is 10.5 Å². The smallest absolute Gasteiger partial charge is 0.214 e. The molecule has 2 heterocycles. The Labute approximate surface area is 91.4 Å². The van der Waals surface area contributed by atoms with Crippen molar-refractivity contribution in [3.05, 3.63) is 29.4 Å². The van der Waals surface area contributed by atoms with E-state index in [0.29, 0.717) is 16.7 Å². The highest BCUT2D eigenvalue weighted by molar-refractivity contribution is 6.32. The largest absolute Gasteiger partial charge is 0.481 e. The van der Waals surface area contributed by atoms with Gasteiger partial charge in [0.15, 0.2) is 11.6 Å². The molecule has 78 valence electrons. The molecule has 0 fully saturated rings. The van der Waals surface area contributed by atoms with Gasteiger partial charge in [0.1, 0.15) is 5.02 Å². The van der Waals surface area contributed by atoms with Crippen molar-refractivity contribution >= 4 is 17.4 Å². The number of nitrogens with zero attached hydrogens (tertiary/aromatic N) is 3. The lowest BCUT2D eigenvalue weighted by Crippen LogP contribution is -2.00. The van der Waals surface area contributed by atoms with E-state index in [4.69, 9.17) is 22.1 Å². The molecule has 0 spiro atoms. The highest BCUT2D eigenvalue weighted by atomic mass is 35.5. The van der Waals surface area contributed by atoms with E-state index < -0.39 is 0 Å². The molecule has 2 aromatic rings. The molecule has 0 aliphatic heterocycles. The summed E-state index contributed by atoms with van der Waals surface area (Å²) in [4.78, 5) is 4.18. The Morgan fingerprint density at radius 3 is 2.87 bits per heavy atom. The molecule has 0 saturated heterocycles. The standard InChI is InChI=1S/C9H9ClN4O/c1-15-8-4-2-3-7(12-8)14-5-6(10)9(11)13-14/h2-5H,1H3,(H2,11,13). The van der Waals surface area contributed by atoms with Gasteiger partial charge in [-0.2, -0.15) is 4.98 Å². The molecule has 0 aliphatic rings. The number of aromatic nitrogens is 3. The van der Waals surface area contributed by atoms with Crippen LogP contribution in [-0.4, -0.2) is 21.9 Å². The summed E-state index contributed by atoms with van der Waals surface area (Å²) in [7, 11) is 1.55. The molecule has 0 amide bonds. The first-order valence-electron chi connectivity index (χ1n) is 4.23. The number of ether oxygens (including phenoxy) is 1. The van der Waals surface area contributed by atoms with Crippen LogP contribution in [0.25, 0.3) is 5.82 Å². The van der Waals surface area contributed by atoms with Gasteiger partial charge in [-0.25, -0.2) is 4.68 Å². The minimum Gasteiger partial charge on any atom is -0.481 e. The second-order valence-electron chi connectivity index (χ2n) is 2.84. The van der Waals surface area contributed by atoms with Crippen molar-refractivity contribution in [3.8, 4) is 11.7 Å². The van der Waals surface area contributed by atoms with E-state index in [2.05, 4.69) is 10.1 Å². The van der Waals surface area contributed by atoms with Crippen molar-refractivity contribution in [2.24, 2.45) is 0 Å². The van der Waals surface area contributed by atoms with Crippen molar-refractivity contribution in [1.29, 1.82) is 0 Å². The van der Waals surface area contributed by atoms with Crippen LogP contribution in [0, 0.1) is 0 Å². The lowest BCUT2D eigenvalue weighted by molar-refractivity contribution is 0.397. The molecular formula is C9H9ClN4O. The highest BCUT2D eigenvalue weighted by Gasteiger charge is 2.06. The molecule has 0 radical (unpaired) electrons. The number of rotatable bonds is 2. The summed E-state index contributed by atoms with van der Waals surface area (Å²) in [5.41, 5.74) is 5.53. The summed E-state index contributed by atoms with van der Waals surface area (Å²) >= 11 is 5.79. The normalized spacial score (nSPS) is 10.3. The molecule has 0 atom stereocenters. The molecule has 0 aromatic carbocycles. The maximum atomic E-state index is 5.79. The maximum Gasteiger partial charge on any atom is 0.214 e. The van der Waals surface area contributed by atoms with Crippen molar-refractivity contribution < 1.29 is 4.74 Å². The Morgan fingerprint density at radius 1 is 1.47 bits per heavy atom. The first kappa shape index (κ1) is 9.79. The molecule has 2 aromatic heterocycles. The Hall–Kier alpha value is -1.75. The number of hydrogen-bond donors (Lipinski definition) is 1. The zero-order valence-electron chi connectivity index (χ0n) is 8.01. The van der Waals surface area contributed by atoms with E-state index in [1.165, 1.54) is 4.68 Å². The van der Waals surface area contributed by atoms with Gasteiger partial charge < -0.3 is 10.5 Å². The predicted molar refractivity (Wildman–Crippen MR) is 57.3 cm³/mol. The molecule has 0 unspecified atom stereocenters. The second-order valence-corrected chi connectivity index (χ2v) is 3.25. The van der Waals surface area contributed by atoms with Crippen molar-refractivity contribution in [2.75, 3.05) is 12.8 Å². The minimum atomic E-state index is 0.279. The van der Waals surface area contributed by atoms with Crippen LogP contribution in [0.3, 0.4) is 0 Å². The number of pyridine rings is 1. The van der Waals surface area contributed by atoms with E-state index >= 15 is 0 Å². The van der Waals surface area contributed by atoms with E-state index in [1.54, 1.807) is 25.4 Å². The van der Waals surface area contributed by atoms with Gasteiger partial charge in [0.05, 0.1) is 13.3 Å². The van der Waals surface area contributed by atoms with E-state index in [9.17, 15) is 0 Å². The quantitative estimate of drug-likeness (QED) is 0.840. The van der Waals surface area contributed by atoms with Gasteiger partial charge in [0.2, 0.25) is 5.88 Å². The number of halogens is 1. The third-order valence-corrected chi connectivity index (χ3v) is 2.14. The summed E-state index contributed by atoms with van der Waals surface area (Å²) in [6, 6.07) is 5.34. The van der Waals surface area contributed by atoms with Crippen LogP contribution in [0.4, 0.5) is 5.82 Å². The third kappa shape index (κ3) is 1.87. The number of nitrogens with two attached hydrogens (primary N) is 1. The average Bonchev–Trinajstić information content (AvgIpc) is 2.59. The number of hydrogen-bond acceptors (Lipinski definition) is 4. The second kappa shape index (κ2) is 3.78. The zero-order chi connectivity index (χ0) is 10.8. The van der Waals surface area contributed by atoms with Gasteiger partial charge >= 0.3 is 0 Å². The highest BCUT2D eigenvalue weighted by Crippen LogP contribution is 2.18. The maximum absolute atomic E-state index is 5.79. The number of methoxy groups -OCH3 is 1. The van der Waals surface area contributed by atoms with Gasteiger partial charge in [-0.05, 0) is 6.07 Å². The van der Waals surface area contributed by atoms with Gasteiger partial charge in [-0.3, -0.25) is 0 Å². The van der Waals surface area contributed by atoms with Gasteiger partial charge in [-0.1, -0.05) is 17.7 Å². The molecule has 0 bridgehead atoms. The van der Waals surface area contributed by atoms with Crippen LogP contribution in [0.15, 0.2) is 24.4 Å². The Bertz CT molecular complexity index is 463. The summed E-state index contributed by atoms with van der Waals surface area (Å²) in [6.07, 6.45) is 1.60. The average molecular weight is 225 g/mol. The van der Waals surface area contributed by atoms with Gasteiger partial charge in [0, 0.05) is 6.07 Å².